The summed E-state index contributed by atoms with van der Waals surface area (Å²) in [5.41, 5.74) is 1.95. The molecule has 1 atom stereocenters. The molecule has 1 heterocycles. The van der Waals surface area contributed by atoms with Crippen LogP contribution < -0.4 is 4.74 Å². The Labute approximate surface area is 147 Å². The van der Waals surface area contributed by atoms with Crippen molar-refractivity contribution in [2.45, 2.75) is 19.6 Å². The third-order valence-corrected chi connectivity index (χ3v) is 3.86. The number of ether oxygens (including phenoxy) is 1. The van der Waals surface area contributed by atoms with Gasteiger partial charge in [-0.1, -0.05) is 36.4 Å². The highest BCUT2D eigenvalue weighted by Crippen LogP contribution is 2.13. The molecule has 3 rings (SSSR count). The molecule has 0 bridgehead atoms. The smallest absolute Gasteiger partial charge is 0.263 e. The van der Waals surface area contributed by atoms with E-state index in [0.717, 1.165) is 11.3 Å². The monoisotopic (exact) mass is 335 g/mol. The molecule has 25 heavy (non-hydrogen) atoms. The Balaban J connectivity index is 1.61. The number of aromatic nitrogens is 2. The van der Waals surface area contributed by atoms with Gasteiger partial charge in [0.15, 0.2) is 6.10 Å². The van der Waals surface area contributed by atoms with Crippen LogP contribution in [0.5, 0.6) is 5.75 Å². The van der Waals surface area contributed by atoms with Crippen molar-refractivity contribution < 1.29 is 9.53 Å². The van der Waals surface area contributed by atoms with Crippen LogP contribution in [-0.2, 0) is 11.3 Å². The lowest BCUT2D eigenvalue weighted by atomic mass is 10.3. The summed E-state index contributed by atoms with van der Waals surface area (Å²) in [6, 6.07) is 19.2. The standard InChI is InChI=1S/C20H21N3O2/c1-16(25-19-11-7-4-8-12-19)20(24)22(2)14-17-13-21-23(15-17)18-9-5-3-6-10-18/h3-13,15-16H,14H2,1-2H3/t16-/m1/s1. The summed E-state index contributed by atoms with van der Waals surface area (Å²) < 4.78 is 7.50. The maximum Gasteiger partial charge on any atom is 0.263 e. The Kier molecular flexibility index (Phi) is 5.14. The maximum atomic E-state index is 12.5. The fourth-order valence-corrected chi connectivity index (χ4v) is 2.58. The summed E-state index contributed by atoms with van der Waals surface area (Å²) in [5, 5.41) is 4.36. The average Bonchev–Trinajstić information content (AvgIpc) is 3.11. The first-order valence-corrected chi connectivity index (χ1v) is 8.19. The van der Waals surface area contributed by atoms with Crippen molar-refractivity contribution in [1.82, 2.24) is 14.7 Å². The van der Waals surface area contributed by atoms with Crippen molar-refractivity contribution in [3.8, 4) is 11.4 Å². The number of nitrogens with zero attached hydrogens (tertiary/aromatic N) is 3. The molecule has 0 aliphatic carbocycles. The molecule has 0 N–H and O–H groups in total. The number of amides is 1. The van der Waals surface area contributed by atoms with Crippen molar-refractivity contribution in [3.63, 3.8) is 0 Å². The third-order valence-electron chi connectivity index (χ3n) is 3.86. The average molecular weight is 335 g/mol. The van der Waals surface area contributed by atoms with E-state index >= 15 is 0 Å². The highest BCUT2D eigenvalue weighted by Gasteiger charge is 2.19. The van der Waals surface area contributed by atoms with Crippen LogP contribution >= 0.6 is 0 Å². The minimum absolute atomic E-state index is 0.0729. The molecule has 5 nitrogen and oxygen atoms in total. The Bertz CT molecular complexity index is 815. The summed E-state index contributed by atoms with van der Waals surface area (Å²) in [6.07, 6.45) is 3.16. The SMILES string of the molecule is C[C@@H](Oc1ccccc1)C(=O)N(C)Cc1cnn(-c2ccccc2)c1. The summed E-state index contributed by atoms with van der Waals surface area (Å²) in [6.45, 7) is 2.24. The molecule has 0 saturated carbocycles. The third kappa shape index (κ3) is 4.26. The van der Waals surface area contributed by atoms with Gasteiger partial charge in [-0.25, -0.2) is 4.68 Å². The first-order chi connectivity index (χ1) is 12.1. The van der Waals surface area contributed by atoms with Gasteiger partial charge in [-0.05, 0) is 31.2 Å². The van der Waals surface area contributed by atoms with Crippen LogP contribution in [0.3, 0.4) is 0 Å². The van der Waals surface area contributed by atoms with Crippen LogP contribution in [-0.4, -0.2) is 33.7 Å². The van der Waals surface area contributed by atoms with E-state index in [9.17, 15) is 4.79 Å². The van der Waals surface area contributed by atoms with Crippen molar-refractivity contribution in [1.29, 1.82) is 0 Å². The van der Waals surface area contributed by atoms with Gasteiger partial charge in [0.2, 0.25) is 0 Å². The quantitative estimate of drug-likeness (QED) is 0.694. The van der Waals surface area contributed by atoms with Crippen molar-refractivity contribution in [3.05, 3.63) is 78.6 Å². The van der Waals surface area contributed by atoms with Crippen LogP contribution in [0.4, 0.5) is 0 Å². The van der Waals surface area contributed by atoms with Gasteiger partial charge in [0.1, 0.15) is 5.75 Å². The van der Waals surface area contributed by atoms with Gasteiger partial charge < -0.3 is 9.64 Å². The van der Waals surface area contributed by atoms with Crippen LogP contribution in [0.25, 0.3) is 5.69 Å². The van der Waals surface area contributed by atoms with E-state index in [1.54, 1.807) is 29.7 Å². The van der Waals surface area contributed by atoms with Gasteiger partial charge in [-0.15, -0.1) is 0 Å². The molecule has 5 heteroatoms. The van der Waals surface area contributed by atoms with Crippen molar-refractivity contribution in [2.24, 2.45) is 0 Å². The minimum Gasteiger partial charge on any atom is -0.481 e. The van der Waals surface area contributed by atoms with Crippen LogP contribution in [0.15, 0.2) is 73.1 Å². The lowest BCUT2D eigenvalue weighted by Gasteiger charge is -2.21. The number of hydrogen-bond donors (Lipinski definition) is 0. The number of hydrogen-bond acceptors (Lipinski definition) is 3. The molecule has 3 aromatic rings. The topological polar surface area (TPSA) is 47.4 Å². The number of carbonyl (C=O) groups excluding carboxylic acids is 1. The van der Waals surface area contributed by atoms with E-state index in [-0.39, 0.29) is 5.91 Å². The first kappa shape index (κ1) is 16.8. The molecule has 0 aliphatic heterocycles. The molecular weight excluding hydrogens is 314 g/mol. The van der Waals surface area contributed by atoms with Gasteiger partial charge in [-0.2, -0.15) is 5.10 Å². The van der Waals surface area contributed by atoms with Crippen LogP contribution in [0, 0.1) is 0 Å². The van der Waals surface area contributed by atoms with Gasteiger partial charge in [0, 0.05) is 25.4 Å². The zero-order valence-electron chi connectivity index (χ0n) is 14.4. The number of likely N-dealkylation sites (N-methyl/N-ethyl adjacent to an activating group) is 1. The predicted molar refractivity (Wildman–Crippen MR) is 96.6 cm³/mol. The lowest BCUT2D eigenvalue weighted by Crippen LogP contribution is -2.37. The zero-order chi connectivity index (χ0) is 17.6. The first-order valence-electron chi connectivity index (χ1n) is 8.19. The summed E-state index contributed by atoms with van der Waals surface area (Å²) >= 11 is 0. The Morgan fingerprint density at radius 3 is 2.44 bits per heavy atom. The maximum absolute atomic E-state index is 12.5. The van der Waals surface area contributed by atoms with E-state index < -0.39 is 6.10 Å². The Morgan fingerprint density at radius 1 is 1.12 bits per heavy atom. The van der Waals surface area contributed by atoms with E-state index in [0.29, 0.717) is 12.3 Å². The normalized spacial score (nSPS) is 11.8. The van der Waals surface area contributed by atoms with Crippen LogP contribution in [0.2, 0.25) is 0 Å². The van der Waals surface area contributed by atoms with E-state index in [4.69, 9.17) is 4.74 Å². The van der Waals surface area contributed by atoms with E-state index in [2.05, 4.69) is 5.10 Å². The zero-order valence-corrected chi connectivity index (χ0v) is 14.4. The number of benzene rings is 2. The van der Waals surface area contributed by atoms with E-state index in [1.165, 1.54) is 0 Å². The van der Waals surface area contributed by atoms with Crippen molar-refractivity contribution in [2.75, 3.05) is 7.05 Å². The molecule has 2 aromatic carbocycles. The minimum atomic E-state index is -0.545. The van der Waals surface area contributed by atoms with Crippen molar-refractivity contribution >= 4 is 5.91 Å². The second-order valence-electron chi connectivity index (χ2n) is 5.90. The Hall–Kier alpha value is -3.08. The fourth-order valence-electron chi connectivity index (χ4n) is 2.58. The fraction of sp³-hybridized carbons (Fsp3) is 0.200. The second kappa shape index (κ2) is 7.66. The summed E-state index contributed by atoms with van der Waals surface area (Å²) in [5.74, 6) is 0.616. The largest absolute Gasteiger partial charge is 0.481 e. The molecule has 1 amide bonds. The Morgan fingerprint density at radius 2 is 1.76 bits per heavy atom. The number of rotatable bonds is 6. The summed E-state index contributed by atoms with van der Waals surface area (Å²) in [4.78, 5) is 14.2. The van der Waals surface area contributed by atoms with Gasteiger partial charge in [0.25, 0.3) is 5.91 Å². The summed E-state index contributed by atoms with van der Waals surface area (Å²) in [7, 11) is 1.77. The highest BCUT2D eigenvalue weighted by molar-refractivity contribution is 5.80. The molecular formula is C20H21N3O2. The lowest BCUT2D eigenvalue weighted by molar-refractivity contribution is -0.137. The molecule has 0 saturated heterocycles. The van der Waals surface area contributed by atoms with Gasteiger partial charge in [0.05, 0.1) is 11.9 Å². The second-order valence-corrected chi connectivity index (χ2v) is 5.90. The van der Waals surface area contributed by atoms with E-state index in [1.807, 2.05) is 66.9 Å². The van der Waals surface area contributed by atoms with Crippen LogP contribution in [0.1, 0.15) is 12.5 Å². The molecule has 1 aromatic heterocycles. The predicted octanol–water partition coefficient (Wildman–Crippen LogP) is 3.30. The molecule has 128 valence electrons. The van der Waals surface area contributed by atoms with Gasteiger partial charge >= 0.3 is 0 Å². The molecule has 0 unspecified atom stereocenters. The van der Waals surface area contributed by atoms with Gasteiger partial charge in [-0.3, -0.25) is 4.79 Å². The number of carbonyl (C=O) groups is 1. The molecule has 0 aliphatic rings. The molecule has 0 fully saturated rings. The molecule has 0 spiro atoms. The molecule has 0 radical (unpaired) electrons. The highest BCUT2D eigenvalue weighted by atomic mass is 16.5. The number of para-hydroxylation sites is 2.